The van der Waals surface area contributed by atoms with Crippen molar-refractivity contribution in [3.05, 3.63) is 24.3 Å². The second-order valence-corrected chi connectivity index (χ2v) is 7.34. The number of benzene rings is 1. The highest BCUT2D eigenvalue weighted by molar-refractivity contribution is 5.97. The van der Waals surface area contributed by atoms with E-state index in [4.69, 9.17) is 9.47 Å². The van der Waals surface area contributed by atoms with Crippen molar-refractivity contribution in [3.63, 3.8) is 0 Å². The van der Waals surface area contributed by atoms with E-state index in [9.17, 15) is 4.79 Å². The van der Waals surface area contributed by atoms with Crippen molar-refractivity contribution in [3.8, 4) is 5.75 Å². The first-order chi connectivity index (χ1) is 12.2. The maximum absolute atomic E-state index is 12.9. The minimum absolute atomic E-state index is 0.000659. The SMILES string of the molecule is CCOC1(C(=O)Nc2ccc(OC3CCCC3)cc2)CCCCCC1. The smallest absolute Gasteiger partial charge is 0.256 e. The fraction of sp³-hybridized carbons (Fsp3) is 0.667. The maximum atomic E-state index is 12.9. The fourth-order valence-electron chi connectivity index (χ4n) is 4.07. The molecule has 1 amide bonds. The molecule has 2 saturated carbocycles. The Morgan fingerprint density at radius 2 is 1.68 bits per heavy atom. The van der Waals surface area contributed by atoms with E-state index in [1.165, 1.54) is 25.7 Å². The van der Waals surface area contributed by atoms with Crippen molar-refractivity contribution in [1.82, 2.24) is 0 Å². The van der Waals surface area contributed by atoms with Crippen LogP contribution in [0.5, 0.6) is 5.75 Å². The van der Waals surface area contributed by atoms with Crippen LogP contribution in [0.2, 0.25) is 0 Å². The van der Waals surface area contributed by atoms with E-state index < -0.39 is 5.60 Å². The van der Waals surface area contributed by atoms with Gasteiger partial charge in [0.2, 0.25) is 0 Å². The van der Waals surface area contributed by atoms with Gasteiger partial charge in [-0.1, -0.05) is 25.7 Å². The van der Waals surface area contributed by atoms with Gasteiger partial charge in [-0.25, -0.2) is 0 Å². The molecule has 25 heavy (non-hydrogen) atoms. The predicted molar refractivity (Wildman–Crippen MR) is 100 cm³/mol. The zero-order chi connectivity index (χ0) is 17.5. The molecule has 0 saturated heterocycles. The second-order valence-electron chi connectivity index (χ2n) is 7.34. The number of nitrogens with one attached hydrogen (secondary N) is 1. The molecular formula is C21H31NO3. The number of rotatable bonds is 6. The van der Waals surface area contributed by atoms with E-state index in [0.717, 1.165) is 50.0 Å². The molecule has 2 aliphatic carbocycles. The van der Waals surface area contributed by atoms with Gasteiger partial charge in [0.25, 0.3) is 5.91 Å². The molecular weight excluding hydrogens is 314 g/mol. The van der Waals surface area contributed by atoms with Crippen LogP contribution in [0.15, 0.2) is 24.3 Å². The lowest BCUT2D eigenvalue weighted by molar-refractivity contribution is -0.143. The number of hydrogen-bond donors (Lipinski definition) is 1. The number of anilines is 1. The Morgan fingerprint density at radius 1 is 1.04 bits per heavy atom. The predicted octanol–water partition coefficient (Wildman–Crippen LogP) is 5.08. The number of hydrogen-bond acceptors (Lipinski definition) is 3. The zero-order valence-electron chi connectivity index (χ0n) is 15.4. The van der Waals surface area contributed by atoms with Gasteiger partial charge in [-0.3, -0.25) is 4.79 Å². The van der Waals surface area contributed by atoms with Crippen molar-refractivity contribution in [2.24, 2.45) is 0 Å². The molecule has 0 aromatic heterocycles. The Bertz CT molecular complexity index is 541. The van der Waals surface area contributed by atoms with Crippen molar-refractivity contribution in [1.29, 1.82) is 0 Å². The van der Waals surface area contributed by atoms with Crippen LogP contribution in [0.3, 0.4) is 0 Å². The summed E-state index contributed by atoms with van der Waals surface area (Å²) in [6.45, 7) is 2.54. The summed E-state index contributed by atoms with van der Waals surface area (Å²) in [5.74, 6) is 0.889. The van der Waals surface area contributed by atoms with Gasteiger partial charge in [-0.2, -0.15) is 0 Å². The van der Waals surface area contributed by atoms with Crippen LogP contribution in [0.1, 0.15) is 71.1 Å². The topological polar surface area (TPSA) is 47.6 Å². The van der Waals surface area contributed by atoms with Gasteiger partial charge in [-0.05, 0) is 69.7 Å². The summed E-state index contributed by atoms with van der Waals surface area (Å²) >= 11 is 0. The van der Waals surface area contributed by atoms with Crippen LogP contribution < -0.4 is 10.1 Å². The first kappa shape index (κ1) is 18.2. The van der Waals surface area contributed by atoms with Gasteiger partial charge >= 0.3 is 0 Å². The lowest BCUT2D eigenvalue weighted by Crippen LogP contribution is -2.45. The third-order valence-corrected chi connectivity index (χ3v) is 5.46. The van der Waals surface area contributed by atoms with Gasteiger partial charge < -0.3 is 14.8 Å². The summed E-state index contributed by atoms with van der Waals surface area (Å²) in [6.07, 6.45) is 11.3. The molecule has 1 aromatic carbocycles. The standard InChI is InChI=1S/C21H31NO3/c1-2-24-21(15-7-3-4-8-16-21)20(23)22-17-11-13-19(14-12-17)25-18-9-5-6-10-18/h11-14,18H,2-10,15-16H2,1H3,(H,22,23). The van der Waals surface area contributed by atoms with Crippen LogP contribution in [0.4, 0.5) is 5.69 Å². The molecule has 3 rings (SSSR count). The quantitative estimate of drug-likeness (QED) is 0.732. The van der Waals surface area contributed by atoms with Crippen LogP contribution in [-0.4, -0.2) is 24.2 Å². The molecule has 0 aliphatic heterocycles. The molecule has 138 valence electrons. The Morgan fingerprint density at radius 3 is 2.28 bits per heavy atom. The van der Waals surface area contributed by atoms with Gasteiger partial charge in [0.1, 0.15) is 11.4 Å². The Labute approximate surface area is 151 Å². The highest BCUT2D eigenvalue weighted by atomic mass is 16.5. The average molecular weight is 345 g/mol. The van der Waals surface area contributed by atoms with Gasteiger partial charge in [0.05, 0.1) is 6.10 Å². The van der Waals surface area contributed by atoms with Crippen LogP contribution in [0, 0.1) is 0 Å². The number of carbonyl (C=O) groups is 1. The molecule has 0 spiro atoms. The summed E-state index contributed by atoms with van der Waals surface area (Å²) < 4.78 is 11.9. The Balaban J connectivity index is 1.62. The Kier molecular flexibility index (Phi) is 6.35. The third-order valence-electron chi connectivity index (χ3n) is 5.46. The van der Waals surface area contributed by atoms with Crippen LogP contribution >= 0.6 is 0 Å². The van der Waals surface area contributed by atoms with Crippen LogP contribution in [0.25, 0.3) is 0 Å². The van der Waals surface area contributed by atoms with Crippen LogP contribution in [-0.2, 0) is 9.53 Å². The van der Waals surface area contributed by atoms with Crippen molar-refractivity contribution < 1.29 is 14.3 Å². The number of carbonyl (C=O) groups excluding carboxylic acids is 1. The lowest BCUT2D eigenvalue weighted by atomic mass is 9.93. The van der Waals surface area contributed by atoms with Crippen molar-refractivity contribution in [2.75, 3.05) is 11.9 Å². The molecule has 2 fully saturated rings. The first-order valence-corrected chi connectivity index (χ1v) is 9.94. The average Bonchev–Trinajstić information content (AvgIpc) is 3.01. The van der Waals surface area contributed by atoms with E-state index >= 15 is 0 Å². The minimum Gasteiger partial charge on any atom is -0.490 e. The minimum atomic E-state index is -0.662. The molecule has 1 aromatic rings. The van der Waals surface area contributed by atoms with E-state index in [-0.39, 0.29) is 5.91 Å². The largest absolute Gasteiger partial charge is 0.490 e. The molecule has 1 N–H and O–H groups in total. The summed E-state index contributed by atoms with van der Waals surface area (Å²) in [7, 11) is 0. The second kappa shape index (κ2) is 8.70. The molecule has 0 unspecified atom stereocenters. The van der Waals surface area contributed by atoms with E-state index in [1.54, 1.807) is 0 Å². The van der Waals surface area contributed by atoms with E-state index in [0.29, 0.717) is 12.7 Å². The van der Waals surface area contributed by atoms with E-state index in [2.05, 4.69) is 5.32 Å². The maximum Gasteiger partial charge on any atom is 0.256 e. The normalized spacial score (nSPS) is 20.8. The summed E-state index contributed by atoms with van der Waals surface area (Å²) in [5.41, 5.74) is 0.150. The van der Waals surface area contributed by atoms with E-state index in [1.807, 2.05) is 31.2 Å². The molecule has 0 heterocycles. The zero-order valence-corrected chi connectivity index (χ0v) is 15.4. The van der Waals surface area contributed by atoms with Gasteiger partial charge in [0.15, 0.2) is 0 Å². The highest BCUT2D eigenvalue weighted by Crippen LogP contribution is 2.32. The monoisotopic (exact) mass is 345 g/mol. The summed E-state index contributed by atoms with van der Waals surface area (Å²) in [6, 6.07) is 7.76. The van der Waals surface area contributed by atoms with Crippen molar-refractivity contribution in [2.45, 2.75) is 82.8 Å². The first-order valence-electron chi connectivity index (χ1n) is 9.94. The Hall–Kier alpha value is -1.55. The molecule has 0 bridgehead atoms. The molecule has 0 radical (unpaired) electrons. The van der Waals surface area contributed by atoms with Gasteiger partial charge in [-0.15, -0.1) is 0 Å². The molecule has 4 nitrogen and oxygen atoms in total. The molecule has 2 aliphatic rings. The summed E-state index contributed by atoms with van der Waals surface area (Å²) in [4.78, 5) is 12.9. The van der Waals surface area contributed by atoms with Crippen molar-refractivity contribution >= 4 is 11.6 Å². The van der Waals surface area contributed by atoms with Gasteiger partial charge in [0, 0.05) is 12.3 Å². The molecule has 4 heteroatoms. The highest BCUT2D eigenvalue weighted by Gasteiger charge is 2.39. The summed E-state index contributed by atoms with van der Waals surface area (Å²) in [5, 5.41) is 3.07. The number of ether oxygens (including phenoxy) is 2. The number of amides is 1. The fourth-order valence-corrected chi connectivity index (χ4v) is 4.07. The lowest BCUT2D eigenvalue weighted by Gasteiger charge is -2.31. The third kappa shape index (κ3) is 4.75. The molecule has 0 atom stereocenters.